The van der Waals surface area contributed by atoms with E-state index in [4.69, 9.17) is 0 Å². The van der Waals surface area contributed by atoms with Crippen LogP contribution in [0.2, 0.25) is 0 Å². The quantitative estimate of drug-likeness (QED) is 0.862. The highest BCUT2D eigenvalue weighted by Gasteiger charge is 2.15. The van der Waals surface area contributed by atoms with Gasteiger partial charge in [-0.25, -0.2) is 0 Å². The third kappa shape index (κ3) is 2.90. The molecule has 1 nitrogen and oxygen atoms in total. The van der Waals surface area contributed by atoms with Crippen LogP contribution in [0.5, 0.6) is 0 Å². The fourth-order valence-corrected chi connectivity index (χ4v) is 3.74. The number of aryl methyl sites for hydroxylation is 3. The highest BCUT2D eigenvalue weighted by Crippen LogP contribution is 2.27. The molecule has 1 aliphatic carbocycles. The molecule has 1 aromatic carbocycles. The fourth-order valence-electron chi connectivity index (χ4n) is 3.03. The first-order chi connectivity index (χ1) is 9.36. The minimum absolute atomic E-state index is 0.478. The molecule has 0 radical (unpaired) electrons. The number of benzene rings is 1. The van der Waals surface area contributed by atoms with E-state index in [1.165, 1.54) is 36.8 Å². The summed E-state index contributed by atoms with van der Waals surface area (Å²) < 4.78 is 0. The third-order valence-corrected chi connectivity index (χ3v) is 4.91. The molecule has 0 spiro atoms. The van der Waals surface area contributed by atoms with Crippen LogP contribution in [0.4, 0.5) is 0 Å². The lowest BCUT2D eigenvalue weighted by Gasteiger charge is -2.17. The molecule has 0 amide bonds. The van der Waals surface area contributed by atoms with Crippen molar-refractivity contribution < 1.29 is 0 Å². The summed E-state index contributed by atoms with van der Waals surface area (Å²) in [5.41, 5.74) is 6.06. The standard InChI is InChI=1S/C17H21NS/c1-18-17(8-5-13-9-10-19-12-13)16-7-6-14-3-2-4-15(14)11-16/h6-7,9-12,17-18H,2-5,8H2,1H3. The van der Waals surface area contributed by atoms with Gasteiger partial charge in [-0.3, -0.25) is 0 Å². The van der Waals surface area contributed by atoms with Crippen LogP contribution in [0.1, 0.15) is 41.1 Å². The second-order valence-corrected chi connectivity index (χ2v) is 6.17. The Labute approximate surface area is 119 Å². The Morgan fingerprint density at radius 3 is 2.89 bits per heavy atom. The molecule has 1 unspecified atom stereocenters. The molecule has 1 heterocycles. The van der Waals surface area contributed by atoms with Gasteiger partial charge in [-0.05, 0) is 78.2 Å². The van der Waals surface area contributed by atoms with Gasteiger partial charge in [0.05, 0.1) is 0 Å². The summed E-state index contributed by atoms with van der Waals surface area (Å²) in [4.78, 5) is 0. The van der Waals surface area contributed by atoms with Crippen LogP contribution in [0.25, 0.3) is 0 Å². The van der Waals surface area contributed by atoms with Crippen molar-refractivity contribution in [2.75, 3.05) is 7.05 Å². The Morgan fingerprint density at radius 1 is 1.21 bits per heavy atom. The molecule has 0 saturated carbocycles. The molecule has 0 bridgehead atoms. The van der Waals surface area contributed by atoms with Crippen molar-refractivity contribution in [3.05, 3.63) is 57.3 Å². The zero-order valence-corrected chi connectivity index (χ0v) is 12.3. The van der Waals surface area contributed by atoms with Crippen LogP contribution in [0.3, 0.4) is 0 Å². The average Bonchev–Trinajstić information content (AvgIpc) is 3.09. The second-order valence-electron chi connectivity index (χ2n) is 5.39. The summed E-state index contributed by atoms with van der Waals surface area (Å²) in [6, 6.07) is 9.80. The van der Waals surface area contributed by atoms with E-state index in [9.17, 15) is 0 Å². The molecular weight excluding hydrogens is 250 g/mol. The van der Waals surface area contributed by atoms with Crippen LogP contribution in [0, 0.1) is 0 Å². The van der Waals surface area contributed by atoms with E-state index in [1.54, 1.807) is 22.5 Å². The van der Waals surface area contributed by atoms with Crippen LogP contribution in [0.15, 0.2) is 35.0 Å². The Bertz CT molecular complexity index is 530. The second kappa shape index (κ2) is 5.89. The van der Waals surface area contributed by atoms with Gasteiger partial charge in [0.25, 0.3) is 0 Å². The molecular formula is C17H21NS. The summed E-state index contributed by atoms with van der Waals surface area (Å²) in [6.45, 7) is 0. The number of fused-ring (bicyclic) bond motifs is 1. The van der Waals surface area contributed by atoms with E-state index in [1.807, 2.05) is 0 Å². The number of rotatable bonds is 5. The Kier molecular flexibility index (Phi) is 4.00. The fraction of sp³-hybridized carbons (Fsp3) is 0.412. The summed E-state index contributed by atoms with van der Waals surface area (Å²) >= 11 is 1.79. The zero-order chi connectivity index (χ0) is 13.1. The van der Waals surface area contributed by atoms with Gasteiger partial charge < -0.3 is 5.32 Å². The predicted molar refractivity (Wildman–Crippen MR) is 82.9 cm³/mol. The van der Waals surface area contributed by atoms with Crippen LogP contribution in [-0.4, -0.2) is 7.05 Å². The van der Waals surface area contributed by atoms with Crippen molar-refractivity contribution in [1.29, 1.82) is 0 Å². The molecule has 0 aliphatic heterocycles. The molecule has 1 aromatic heterocycles. The molecule has 3 rings (SSSR count). The lowest BCUT2D eigenvalue weighted by Crippen LogP contribution is -2.17. The van der Waals surface area contributed by atoms with E-state index in [2.05, 4.69) is 47.4 Å². The Balaban J connectivity index is 1.71. The van der Waals surface area contributed by atoms with Crippen molar-refractivity contribution in [2.45, 2.75) is 38.1 Å². The van der Waals surface area contributed by atoms with E-state index >= 15 is 0 Å². The van der Waals surface area contributed by atoms with Gasteiger partial charge in [0, 0.05) is 6.04 Å². The molecule has 100 valence electrons. The third-order valence-electron chi connectivity index (χ3n) is 4.18. The number of hydrogen-bond acceptors (Lipinski definition) is 2. The summed E-state index contributed by atoms with van der Waals surface area (Å²) in [6.07, 6.45) is 6.20. The maximum absolute atomic E-state index is 3.48. The Morgan fingerprint density at radius 2 is 2.11 bits per heavy atom. The molecule has 1 N–H and O–H groups in total. The SMILES string of the molecule is CNC(CCc1ccsc1)c1ccc2c(c1)CCC2. The van der Waals surface area contributed by atoms with Crippen LogP contribution in [-0.2, 0) is 19.3 Å². The minimum atomic E-state index is 0.478. The maximum atomic E-state index is 3.48. The lowest BCUT2D eigenvalue weighted by molar-refractivity contribution is 0.549. The lowest BCUT2D eigenvalue weighted by atomic mass is 9.97. The molecule has 2 aromatic rings. The van der Waals surface area contributed by atoms with Crippen molar-refractivity contribution >= 4 is 11.3 Å². The number of thiophene rings is 1. The first-order valence-corrected chi connectivity index (χ1v) is 8.11. The minimum Gasteiger partial charge on any atom is -0.313 e. The monoisotopic (exact) mass is 271 g/mol. The van der Waals surface area contributed by atoms with Crippen molar-refractivity contribution in [3.63, 3.8) is 0 Å². The van der Waals surface area contributed by atoms with Gasteiger partial charge in [-0.15, -0.1) is 0 Å². The highest BCUT2D eigenvalue weighted by molar-refractivity contribution is 7.07. The van der Waals surface area contributed by atoms with E-state index in [0.29, 0.717) is 6.04 Å². The van der Waals surface area contributed by atoms with Crippen molar-refractivity contribution in [2.24, 2.45) is 0 Å². The van der Waals surface area contributed by atoms with Gasteiger partial charge in [-0.1, -0.05) is 18.2 Å². The molecule has 19 heavy (non-hydrogen) atoms. The number of nitrogens with one attached hydrogen (secondary N) is 1. The number of hydrogen-bond donors (Lipinski definition) is 1. The molecule has 1 aliphatic rings. The van der Waals surface area contributed by atoms with Gasteiger partial charge in [0.2, 0.25) is 0 Å². The zero-order valence-electron chi connectivity index (χ0n) is 11.5. The average molecular weight is 271 g/mol. The van der Waals surface area contributed by atoms with Gasteiger partial charge in [-0.2, -0.15) is 11.3 Å². The van der Waals surface area contributed by atoms with Crippen LogP contribution >= 0.6 is 11.3 Å². The first kappa shape index (κ1) is 12.9. The summed E-state index contributed by atoms with van der Waals surface area (Å²) in [5.74, 6) is 0. The predicted octanol–water partition coefficient (Wildman–Crippen LogP) is 4.13. The smallest absolute Gasteiger partial charge is 0.0320 e. The van der Waals surface area contributed by atoms with Crippen molar-refractivity contribution in [3.8, 4) is 0 Å². The van der Waals surface area contributed by atoms with Gasteiger partial charge in [0.15, 0.2) is 0 Å². The molecule has 0 fully saturated rings. The molecule has 2 heteroatoms. The molecule has 0 saturated heterocycles. The van der Waals surface area contributed by atoms with E-state index in [0.717, 1.165) is 6.42 Å². The van der Waals surface area contributed by atoms with E-state index in [-0.39, 0.29) is 0 Å². The van der Waals surface area contributed by atoms with E-state index < -0.39 is 0 Å². The Hall–Kier alpha value is -1.12. The van der Waals surface area contributed by atoms with Gasteiger partial charge in [0.1, 0.15) is 0 Å². The highest BCUT2D eigenvalue weighted by atomic mass is 32.1. The normalized spacial score (nSPS) is 15.4. The summed E-state index contributed by atoms with van der Waals surface area (Å²) in [7, 11) is 2.07. The first-order valence-electron chi connectivity index (χ1n) is 7.17. The van der Waals surface area contributed by atoms with Crippen LogP contribution < -0.4 is 5.32 Å². The molecule has 1 atom stereocenters. The van der Waals surface area contributed by atoms with Crippen molar-refractivity contribution in [1.82, 2.24) is 5.32 Å². The van der Waals surface area contributed by atoms with Gasteiger partial charge >= 0.3 is 0 Å². The largest absolute Gasteiger partial charge is 0.313 e. The summed E-state index contributed by atoms with van der Waals surface area (Å²) in [5, 5.41) is 7.90. The topological polar surface area (TPSA) is 12.0 Å². The maximum Gasteiger partial charge on any atom is 0.0320 e.